The summed E-state index contributed by atoms with van der Waals surface area (Å²) in [6, 6.07) is 11.1. The van der Waals surface area contributed by atoms with Crippen molar-refractivity contribution in [3.63, 3.8) is 0 Å². The van der Waals surface area contributed by atoms with Gasteiger partial charge in [-0.3, -0.25) is 9.03 Å². The standard InChI is InChI=1S/C17H20N2O5S2/c1-24-15-6-3-7-16(12-15)26(22,23)18-14-9-8-13-5-4-10-19(17(13)11-14)25(2,20)21/h3,6-9,11-12,18H,4-5,10H2,1-2H3. The van der Waals surface area contributed by atoms with Crippen LogP contribution < -0.4 is 13.8 Å². The van der Waals surface area contributed by atoms with Crippen LogP contribution in [0.4, 0.5) is 11.4 Å². The van der Waals surface area contributed by atoms with Crippen LogP contribution in [0.25, 0.3) is 0 Å². The first kappa shape index (κ1) is 18.5. The summed E-state index contributed by atoms with van der Waals surface area (Å²) >= 11 is 0. The highest BCUT2D eigenvalue weighted by Crippen LogP contribution is 2.32. The van der Waals surface area contributed by atoms with Crippen LogP contribution in [0.1, 0.15) is 12.0 Å². The fraction of sp³-hybridized carbons (Fsp3) is 0.294. The number of hydrogen-bond donors (Lipinski definition) is 1. The van der Waals surface area contributed by atoms with Crippen molar-refractivity contribution in [3.05, 3.63) is 48.0 Å². The fourth-order valence-corrected chi connectivity index (χ4v) is 5.00. The number of anilines is 2. The summed E-state index contributed by atoms with van der Waals surface area (Å²) in [6.07, 6.45) is 2.63. The number of ether oxygens (including phenoxy) is 1. The zero-order chi connectivity index (χ0) is 18.9. The molecule has 0 fully saturated rings. The van der Waals surface area contributed by atoms with Gasteiger partial charge in [-0.1, -0.05) is 12.1 Å². The summed E-state index contributed by atoms with van der Waals surface area (Å²) in [6.45, 7) is 0.387. The Morgan fingerprint density at radius 3 is 2.54 bits per heavy atom. The van der Waals surface area contributed by atoms with Gasteiger partial charge in [0.25, 0.3) is 10.0 Å². The van der Waals surface area contributed by atoms with Crippen LogP contribution in [-0.2, 0) is 26.5 Å². The Kier molecular flexibility index (Phi) is 4.85. The molecule has 0 saturated carbocycles. The minimum absolute atomic E-state index is 0.0644. The monoisotopic (exact) mass is 396 g/mol. The third-order valence-corrected chi connectivity index (χ3v) is 6.72. The van der Waals surface area contributed by atoms with E-state index in [2.05, 4.69) is 4.72 Å². The predicted octanol–water partition coefficient (Wildman–Crippen LogP) is 2.21. The molecule has 7 nitrogen and oxygen atoms in total. The number of benzene rings is 2. The third kappa shape index (κ3) is 3.78. The van der Waals surface area contributed by atoms with Gasteiger partial charge in [0.15, 0.2) is 0 Å². The second-order valence-corrected chi connectivity index (χ2v) is 9.66. The van der Waals surface area contributed by atoms with Gasteiger partial charge in [-0.15, -0.1) is 0 Å². The van der Waals surface area contributed by atoms with E-state index in [1.54, 1.807) is 30.3 Å². The zero-order valence-electron chi connectivity index (χ0n) is 14.5. The fourth-order valence-electron chi connectivity index (χ4n) is 2.93. The van der Waals surface area contributed by atoms with E-state index in [1.807, 2.05) is 0 Å². The molecule has 0 spiro atoms. The second-order valence-electron chi connectivity index (χ2n) is 6.07. The van der Waals surface area contributed by atoms with Gasteiger partial charge in [0.2, 0.25) is 10.0 Å². The van der Waals surface area contributed by atoms with Gasteiger partial charge in [0.05, 0.1) is 29.6 Å². The lowest BCUT2D eigenvalue weighted by atomic mass is 10.0. The van der Waals surface area contributed by atoms with Gasteiger partial charge in [-0.25, -0.2) is 16.8 Å². The number of aryl methyl sites for hydroxylation is 1. The van der Waals surface area contributed by atoms with E-state index in [0.717, 1.165) is 24.7 Å². The van der Waals surface area contributed by atoms with Crippen molar-refractivity contribution in [2.24, 2.45) is 0 Å². The summed E-state index contributed by atoms with van der Waals surface area (Å²) < 4.78 is 58.1. The van der Waals surface area contributed by atoms with Crippen LogP contribution in [0.15, 0.2) is 47.4 Å². The summed E-state index contributed by atoms with van der Waals surface area (Å²) in [7, 11) is -5.78. The molecule has 2 aromatic rings. The molecule has 0 radical (unpaired) electrons. The Bertz CT molecular complexity index is 1030. The Hall–Kier alpha value is -2.26. The average Bonchev–Trinajstić information content (AvgIpc) is 2.60. The molecule has 3 rings (SSSR count). The summed E-state index contributed by atoms with van der Waals surface area (Å²) in [5, 5.41) is 0. The first-order valence-electron chi connectivity index (χ1n) is 7.98. The normalized spacial score (nSPS) is 14.6. The molecule has 0 unspecified atom stereocenters. The van der Waals surface area contributed by atoms with E-state index in [0.29, 0.717) is 23.7 Å². The molecule has 0 bridgehead atoms. The molecule has 0 atom stereocenters. The van der Waals surface area contributed by atoms with Gasteiger partial charge >= 0.3 is 0 Å². The highest BCUT2D eigenvalue weighted by molar-refractivity contribution is 7.92. The van der Waals surface area contributed by atoms with Gasteiger partial charge in [0, 0.05) is 12.6 Å². The van der Waals surface area contributed by atoms with Crippen molar-refractivity contribution in [2.75, 3.05) is 28.9 Å². The van der Waals surface area contributed by atoms with Crippen LogP contribution >= 0.6 is 0 Å². The number of hydrogen-bond acceptors (Lipinski definition) is 5. The maximum absolute atomic E-state index is 12.6. The van der Waals surface area contributed by atoms with E-state index < -0.39 is 20.0 Å². The van der Waals surface area contributed by atoms with E-state index in [4.69, 9.17) is 4.74 Å². The molecule has 2 aromatic carbocycles. The van der Waals surface area contributed by atoms with Crippen LogP contribution in [-0.4, -0.2) is 36.7 Å². The summed E-state index contributed by atoms with van der Waals surface area (Å²) in [5.41, 5.74) is 1.71. The smallest absolute Gasteiger partial charge is 0.262 e. The molecule has 26 heavy (non-hydrogen) atoms. The lowest BCUT2D eigenvalue weighted by Gasteiger charge is -2.29. The van der Waals surface area contributed by atoms with Crippen molar-refractivity contribution >= 4 is 31.4 Å². The van der Waals surface area contributed by atoms with Crippen molar-refractivity contribution in [2.45, 2.75) is 17.7 Å². The molecule has 0 amide bonds. The van der Waals surface area contributed by atoms with E-state index in [-0.39, 0.29) is 4.90 Å². The van der Waals surface area contributed by atoms with Crippen LogP contribution in [0, 0.1) is 0 Å². The van der Waals surface area contributed by atoms with Crippen molar-refractivity contribution in [3.8, 4) is 5.75 Å². The SMILES string of the molecule is COc1cccc(S(=O)(=O)Nc2ccc3c(c2)N(S(C)(=O)=O)CCC3)c1. The lowest BCUT2D eigenvalue weighted by molar-refractivity contribution is 0.413. The molecule has 1 aliphatic rings. The van der Waals surface area contributed by atoms with Crippen LogP contribution in [0.5, 0.6) is 5.75 Å². The lowest BCUT2D eigenvalue weighted by Crippen LogP contribution is -2.34. The van der Waals surface area contributed by atoms with Crippen LogP contribution in [0.2, 0.25) is 0 Å². The number of sulfonamides is 2. The molecule has 0 saturated heterocycles. The molecule has 9 heteroatoms. The third-order valence-electron chi connectivity index (χ3n) is 4.17. The summed E-state index contributed by atoms with van der Waals surface area (Å²) in [4.78, 5) is 0.0644. The topological polar surface area (TPSA) is 92.8 Å². The zero-order valence-corrected chi connectivity index (χ0v) is 16.1. The van der Waals surface area contributed by atoms with Crippen molar-refractivity contribution < 1.29 is 21.6 Å². The minimum atomic E-state index is -3.82. The molecule has 1 N–H and O–H groups in total. The van der Waals surface area contributed by atoms with E-state index >= 15 is 0 Å². The first-order chi connectivity index (χ1) is 12.2. The Balaban J connectivity index is 1.96. The molecule has 0 aromatic heterocycles. The van der Waals surface area contributed by atoms with Gasteiger partial charge in [0.1, 0.15) is 5.75 Å². The average molecular weight is 396 g/mol. The highest BCUT2D eigenvalue weighted by Gasteiger charge is 2.25. The Labute approximate surface area is 153 Å². The molecule has 1 heterocycles. The second kappa shape index (κ2) is 6.81. The molecule has 1 aliphatic heterocycles. The quantitative estimate of drug-likeness (QED) is 0.836. The van der Waals surface area contributed by atoms with Gasteiger partial charge in [-0.2, -0.15) is 0 Å². The number of nitrogens with one attached hydrogen (secondary N) is 1. The first-order valence-corrected chi connectivity index (χ1v) is 11.3. The summed E-state index contributed by atoms with van der Waals surface area (Å²) in [5.74, 6) is 0.432. The van der Waals surface area contributed by atoms with E-state index in [1.165, 1.54) is 23.5 Å². The van der Waals surface area contributed by atoms with E-state index in [9.17, 15) is 16.8 Å². The molecule has 0 aliphatic carbocycles. The number of methoxy groups -OCH3 is 1. The van der Waals surface area contributed by atoms with Crippen LogP contribution in [0.3, 0.4) is 0 Å². The largest absolute Gasteiger partial charge is 0.497 e. The maximum atomic E-state index is 12.6. The Morgan fingerprint density at radius 2 is 1.85 bits per heavy atom. The van der Waals surface area contributed by atoms with Gasteiger partial charge < -0.3 is 4.74 Å². The van der Waals surface area contributed by atoms with Crippen molar-refractivity contribution in [1.29, 1.82) is 0 Å². The number of fused-ring (bicyclic) bond motifs is 1. The molecular weight excluding hydrogens is 376 g/mol. The van der Waals surface area contributed by atoms with Crippen molar-refractivity contribution in [1.82, 2.24) is 0 Å². The molecule has 140 valence electrons. The number of nitrogens with zero attached hydrogens (tertiary/aromatic N) is 1. The Morgan fingerprint density at radius 1 is 1.08 bits per heavy atom. The number of rotatable bonds is 5. The minimum Gasteiger partial charge on any atom is -0.497 e. The molecular formula is C17H20N2O5S2. The van der Waals surface area contributed by atoms with Gasteiger partial charge in [-0.05, 0) is 42.7 Å². The predicted molar refractivity (Wildman–Crippen MR) is 101 cm³/mol. The maximum Gasteiger partial charge on any atom is 0.262 e. The highest BCUT2D eigenvalue weighted by atomic mass is 32.2.